The number of nitrogens with one attached hydrogen (secondary N) is 1. The molecular weight excluding hydrogens is 545 g/mol. The van der Waals surface area contributed by atoms with E-state index >= 15 is 0 Å². The number of anilines is 1. The molecule has 0 bridgehead atoms. The Morgan fingerprint density at radius 3 is 2.16 bits per heavy atom. The maximum Gasteiger partial charge on any atom is 0.264 e. The molecule has 0 aliphatic rings. The van der Waals surface area contributed by atoms with Crippen LogP contribution in [-0.4, -0.2) is 44.3 Å². The highest BCUT2D eigenvalue weighted by Crippen LogP contribution is 2.27. The SMILES string of the molecule is CCNC(=O)C(CC)N(Cc1ccc(Cl)c(Cl)c1)C(=O)CN(c1ccc(C)cc1)S(=O)(=O)c1ccccc1. The van der Waals surface area contributed by atoms with Crippen molar-refractivity contribution in [3.05, 3.63) is 94.0 Å². The molecule has 1 atom stereocenters. The van der Waals surface area contributed by atoms with E-state index in [4.69, 9.17) is 23.2 Å². The lowest BCUT2D eigenvalue weighted by atomic mass is 10.1. The molecule has 3 aromatic carbocycles. The summed E-state index contributed by atoms with van der Waals surface area (Å²) in [6, 6.07) is 19.0. The molecular formula is C28H31Cl2N3O4S. The van der Waals surface area contributed by atoms with E-state index in [9.17, 15) is 18.0 Å². The molecule has 0 aliphatic heterocycles. The minimum atomic E-state index is -4.10. The van der Waals surface area contributed by atoms with Gasteiger partial charge < -0.3 is 10.2 Å². The van der Waals surface area contributed by atoms with E-state index in [0.717, 1.165) is 9.87 Å². The summed E-state index contributed by atoms with van der Waals surface area (Å²) < 4.78 is 28.6. The van der Waals surface area contributed by atoms with Crippen molar-refractivity contribution in [2.75, 3.05) is 17.4 Å². The van der Waals surface area contributed by atoms with Crippen molar-refractivity contribution in [2.45, 2.75) is 44.7 Å². The number of hydrogen-bond acceptors (Lipinski definition) is 4. The van der Waals surface area contributed by atoms with E-state index in [-0.39, 0.29) is 17.3 Å². The molecule has 2 amide bonds. The second-order valence-corrected chi connectivity index (χ2v) is 11.4. The Morgan fingerprint density at radius 1 is 0.921 bits per heavy atom. The second kappa shape index (κ2) is 13.1. The van der Waals surface area contributed by atoms with Crippen LogP contribution in [0.25, 0.3) is 0 Å². The van der Waals surface area contributed by atoms with Gasteiger partial charge in [-0.15, -0.1) is 0 Å². The van der Waals surface area contributed by atoms with E-state index in [1.807, 2.05) is 6.92 Å². The van der Waals surface area contributed by atoms with Crippen LogP contribution in [0.3, 0.4) is 0 Å². The monoisotopic (exact) mass is 575 g/mol. The summed E-state index contributed by atoms with van der Waals surface area (Å²) in [5.74, 6) is -0.856. The minimum absolute atomic E-state index is 0.0402. The smallest absolute Gasteiger partial charge is 0.264 e. The van der Waals surface area contributed by atoms with Crippen molar-refractivity contribution in [1.82, 2.24) is 10.2 Å². The van der Waals surface area contributed by atoms with Gasteiger partial charge in [-0.05, 0) is 62.2 Å². The number of amides is 2. The number of rotatable bonds is 11. The number of halogens is 2. The van der Waals surface area contributed by atoms with Gasteiger partial charge in [0.05, 0.1) is 20.6 Å². The van der Waals surface area contributed by atoms with E-state index in [0.29, 0.717) is 34.3 Å². The quantitative estimate of drug-likeness (QED) is 0.330. The Bertz CT molecular complexity index is 1370. The summed E-state index contributed by atoms with van der Waals surface area (Å²) in [4.78, 5) is 28.3. The van der Waals surface area contributed by atoms with Gasteiger partial charge in [-0.3, -0.25) is 13.9 Å². The Morgan fingerprint density at radius 2 is 1.58 bits per heavy atom. The highest BCUT2D eigenvalue weighted by Gasteiger charge is 2.33. The normalized spacial score (nSPS) is 12.0. The lowest BCUT2D eigenvalue weighted by Crippen LogP contribution is -2.52. The molecule has 1 N–H and O–H groups in total. The second-order valence-electron chi connectivity index (χ2n) is 8.75. The average Bonchev–Trinajstić information content (AvgIpc) is 2.90. The molecule has 7 nitrogen and oxygen atoms in total. The van der Waals surface area contributed by atoms with E-state index in [1.165, 1.54) is 17.0 Å². The maximum atomic E-state index is 13.9. The fraction of sp³-hybridized carbons (Fsp3) is 0.286. The van der Waals surface area contributed by atoms with Gasteiger partial charge in [-0.1, -0.05) is 72.1 Å². The Balaban J connectivity index is 2.05. The molecule has 0 fully saturated rings. The van der Waals surface area contributed by atoms with Crippen molar-refractivity contribution < 1.29 is 18.0 Å². The maximum absolute atomic E-state index is 13.9. The summed E-state index contributed by atoms with van der Waals surface area (Å²) in [6.45, 7) is 5.41. The summed E-state index contributed by atoms with van der Waals surface area (Å²) in [7, 11) is -4.10. The summed E-state index contributed by atoms with van der Waals surface area (Å²) >= 11 is 12.3. The first kappa shape index (κ1) is 29.5. The molecule has 0 radical (unpaired) electrons. The first-order chi connectivity index (χ1) is 18.1. The first-order valence-corrected chi connectivity index (χ1v) is 14.4. The van der Waals surface area contributed by atoms with Gasteiger partial charge in [-0.25, -0.2) is 8.42 Å². The van der Waals surface area contributed by atoms with E-state index in [1.54, 1.807) is 74.5 Å². The minimum Gasteiger partial charge on any atom is -0.355 e. The number of carbonyl (C=O) groups excluding carboxylic acids is 2. The third kappa shape index (κ3) is 7.07. The van der Waals surface area contributed by atoms with Gasteiger partial charge >= 0.3 is 0 Å². The zero-order valence-corrected chi connectivity index (χ0v) is 23.9. The van der Waals surface area contributed by atoms with Crippen LogP contribution in [0.1, 0.15) is 31.4 Å². The van der Waals surface area contributed by atoms with Crippen LogP contribution in [-0.2, 0) is 26.2 Å². The van der Waals surface area contributed by atoms with Crippen LogP contribution in [0, 0.1) is 6.92 Å². The van der Waals surface area contributed by atoms with Crippen molar-refractivity contribution in [3.63, 3.8) is 0 Å². The Hall–Kier alpha value is -3.07. The van der Waals surface area contributed by atoms with Gasteiger partial charge in [-0.2, -0.15) is 0 Å². The fourth-order valence-electron chi connectivity index (χ4n) is 4.01. The third-order valence-electron chi connectivity index (χ3n) is 6.01. The number of carbonyl (C=O) groups is 2. The predicted molar refractivity (Wildman–Crippen MR) is 152 cm³/mol. The molecule has 0 spiro atoms. The van der Waals surface area contributed by atoms with Crippen molar-refractivity contribution >= 4 is 50.7 Å². The fourth-order valence-corrected chi connectivity index (χ4v) is 5.76. The molecule has 3 aromatic rings. The van der Waals surface area contributed by atoms with Crippen LogP contribution < -0.4 is 9.62 Å². The first-order valence-electron chi connectivity index (χ1n) is 12.2. The highest BCUT2D eigenvalue weighted by atomic mass is 35.5. The van der Waals surface area contributed by atoms with Crippen LogP contribution >= 0.6 is 23.2 Å². The molecule has 3 rings (SSSR count). The van der Waals surface area contributed by atoms with Crippen molar-refractivity contribution in [2.24, 2.45) is 0 Å². The Kier molecular flexibility index (Phi) is 10.2. The number of hydrogen-bond donors (Lipinski definition) is 1. The Labute approximate surface area is 234 Å². The molecule has 0 aromatic heterocycles. The molecule has 0 saturated heterocycles. The molecule has 38 heavy (non-hydrogen) atoms. The standard InChI is InChI=1S/C28H31Cl2N3O4S/c1-4-26(28(35)31-5-2)32(18-21-13-16-24(29)25(30)17-21)27(34)19-33(22-14-11-20(3)12-15-22)38(36,37)23-9-7-6-8-10-23/h6-17,26H,4-5,18-19H2,1-3H3,(H,31,35). The van der Waals surface area contributed by atoms with Crippen LogP contribution in [0.15, 0.2) is 77.7 Å². The van der Waals surface area contributed by atoms with Crippen LogP contribution in [0.5, 0.6) is 0 Å². The van der Waals surface area contributed by atoms with Crippen molar-refractivity contribution in [1.29, 1.82) is 0 Å². The topological polar surface area (TPSA) is 86.8 Å². The summed E-state index contributed by atoms with van der Waals surface area (Å²) in [6.07, 6.45) is 0.328. The third-order valence-corrected chi connectivity index (χ3v) is 8.53. The number of likely N-dealkylation sites (N-methyl/N-ethyl adjacent to an activating group) is 1. The molecule has 0 heterocycles. The number of sulfonamides is 1. The number of nitrogens with zero attached hydrogens (tertiary/aromatic N) is 2. The van der Waals surface area contributed by atoms with Gasteiger partial charge in [0, 0.05) is 13.1 Å². The summed E-state index contributed by atoms with van der Waals surface area (Å²) in [5.41, 5.74) is 1.94. The molecule has 1 unspecified atom stereocenters. The average molecular weight is 577 g/mol. The van der Waals surface area contributed by atoms with Crippen LogP contribution in [0.4, 0.5) is 5.69 Å². The largest absolute Gasteiger partial charge is 0.355 e. The lowest BCUT2D eigenvalue weighted by molar-refractivity contribution is -0.140. The van der Waals surface area contributed by atoms with Crippen molar-refractivity contribution in [3.8, 4) is 0 Å². The summed E-state index contributed by atoms with van der Waals surface area (Å²) in [5, 5.41) is 3.45. The number of benzene rings is 3. The van der Waals surface area contributed by atoms with Gasteiger partial charge in [0.2, 0.25) is 11.8 Å². The van der Waals surface area contributed by atoms with Gasteiger partial charge in [0.15, 0.2) is 0 Å². The zero-order chi connectivity index (χ0) is 27.9. The molecule has 0 saturated carbocycles. The predicted octanol–water partition coefficient (Wildman–Crippen LogP) is 5.44. The lowest BCUT2D eigenvalue weighted by Gasteiger charge is -2.33. The molecule has 0 aliphatic carbocycles. The molecule has 202 valence electrons. The van der Waals surface area contributed by atoms with Gasteiger partial charge in [0.1, 0.15) is 12.6 Å². The number of aryl methyl sites for hydroxylation is 1. The van der Waals surface area contributed by atoms with Gasteiger partial charge in [0.25, 0.3) is 10.0 Å². The molecule has 10 heteroatoms. The highest BCUT2D eigenvalue weighted by molar-refractivity contribution is 7.92. The van der Waals surface area contributed by atoms with Crippen LogP contribution in [0.2, 0.25) is 10.0 Å². The van der Waals surface area contributed by atoms with E-state index in [2.05, 4.69) is 5.32 Å². The van der Waals surface area contributed by atoms with E-state index < -0.39 is 28.5 Å². The zero-order valence-electron chi connectivity index (χ0n) is 21.5.